The van der Waals surface area contributed by atoms with E-state index in [1.807, 2.05) is 20.0 Å². The van der Waals surface area contributed by atoms with E-state index in [1.165, 1.54) is 6.26 Å². The number of nitrogens with one attached hydrogen (secondary N) is 1. The molecule has 0 fully saturated rings. The second-order valence-corrected chi connectivity index (χ2v) is 6.25. The van der Waals surface area contributed by atoms with Gasteiger partial charge >= 0.3 is 0 Å². The van der Waals surface area contributed by atoms with Gasteiger partial charge in [0.25, 0.3) is 0 Å². The van der Waals surface area contributed by atoms with Gasteiger partial charge < -0.3 is 0 Å². The van der Waals surface area contributed by atoms with E-state index in [4.69, 9.17) is 5.84 Å². The summed E-state index contributed by atoms with van der Waals surface area (Å²) in [6.45, 7) is 1.89. The summed E-state index contributed by atoms with van der Waals surface area (Å²) >= 11 is 0. The van der Waals surface area contributed by atoms with E-state index >= 15 is 0 Å². The average molecular weight is 246 g/mol. The number of sulfone groups is 1. The number of hydrazine groups is 1. The number of aromatic nitrogens is 2. The first-order valence-corrected chi connectivity index (χ1v) is 7.01. The molecule has 1 atom stereocenters. The molecule has 1 unspecified atom stereocenters. The van der Waals surface area contributed by atoms with Crippen LogP contribution in [0.25, 0.3) is 0 Å². The molecule has 0 saturated heterocycles. The normalized spacial score (nSPS) is 14.0. The van der Waals surface area contributed by atoms with Gasteiger partial charge in [-0.2, -0.15) is 5.10 Å². The van der Waals surface area contributed by atoms with Crippen LogP contribution < -0.4 is 11.3 Å². The van der Waals surface area contributed by atoms with Crippen LogP contribution in [0.5, 0.6) is 0 Å². The van der Waals surface area contributed by atoms with Crippen molar-refractivity contribution in [3.05, 3.63) is 17.5 Å². The molecule has 1 rings (SSSR count). The maximum atomic E-state index is 11.2. The molecule has 0 aliphatic heterocycles. The van der Waals surface area contributed by atoms with Crippen LogP contribution in [0.4, 0.5) is 0 Å². The zero-order valence-electron chi connectivity index (χ0n) is 9.77. The van der Waals surface area contributed by atoms with Crippen LogP contribution in [0.1, 0.15) is 11.4 Å². The Kier molecular flexibility index (Phi) is 4.06. The minimum atomic E-state index is -3.03. The fourth-order valence-corrected chi connectivity index (χ4v) is 2.58. The van der Waals surface area contributed by atoms with E-state index in [-0.39, 0.29) is 11.8 Å². The molecule has 3 N–H and O–H groups in total. The lowest BCUT2D eigenvalue weighted by Crippen LogP contribution is -2.42. The van der Waals surface area contributed by atoms with Crippen LogP contribution >= 0.6 is 0 Å². The third-order valence-corrected chi connectivity index (χ3v) is 3.30. The topological polar surface area (TPSA) is 90.0 Å². The average Bonchev–Trinajstić information content (AvgIpc) is 2.41. The summed E-state index contributed by atoms with van der Waals surface area (Å²) in [7, 11) is -1.20. The summed E-state index contributed by atoms with van der Waals surface area (Å²) in [5.41, 5.74) is 4.40. The Bertz CT molecular complexity index is 452. The van der Waals surface area contributed by atoms with Crippen LogP contribution in [0.15, 0.2) is 6.07 Å². The molecule has 1 heterocycles. The summed E-state index contributed by atoms with van der Waals surface area (Å²) < 4.78 is 24.1. The molecule has 0 spiro atoms. The van der Waals surface area contributed by atoms with Crippen LogP contribution in [-0.4, -0.2) is 36.2 Å². The van der Waals surface area contributed by atoms with Gasteiger partial charge in [0.2, 0.25) is 0 Å². The smallest absolute Gasteiger partial charge is 0.149 e. The SMILES string of the molecule is Cc1cc(CC(CS(C)(=O)=O)NN)n(C)n1. The van der Waals surface area contributed by atoms with Gasteiger partial charge in [-0.25, -0.2) is 8.42 Å². The van der Waals surface area contributed by atoms with E-state index in [1.54, 1.807) is 4.68 Å². The van der Waals surface area contributed by atoms with Crippen molar-refractivity contribution < 1.29 is 8.42 Å². The van der Waals surface area contributed by atoms with Crippen molar-refractivity contribution in [3.63, 3.8) is 0 Å². The summed E-state index contributed by atoms with van der Waals surface area (Å²) in [5, 5.41) is 4.19. The molecule has 0 aliphatic rings. The van der Waals surface area contributed by atoms with E-state index in [0.717, 1.165) is 11.4 Å². The predicted octanol–water partition coefficient (Wildman–Crippen LogP) is -0.852. The van der Waals surface area contributed by atoms with E-state index < -0.39 is 9.84 Å². The van der Waals surface area contributed by atoms with Crippen molar-refractivity contribution in [2.45, 2.75) is 19.4 Å². The molecule has 0 aromatic carbocycles. The first-order valence-electron chi connectivity index (χ1n) is 4.95. The van der Waals surface area contributed by atoms with Crippen molar-refractivity contribution in [2.24, 2.45) is 12.9 Å². The highest BCUT2D eigenvalue weighted by Gasteiger charge is 2.16. The fraction of sp³-hybridized carbons (Fsp3) is 0.667. The van der Waals surface area contributed by atoms with E-state index in [2.05, 4.69) is 10.5 Å². The molecular weight excluding hydrogens is 228 g/mol. The van der Waals surface area contributed by atoms with E-state index in [9.17, 15) is 8.42 Å². The largest absolute Gasteiger partial charge is 0.272 e. The minimum absolute atomic E-state index is 0.0216. The molecule has 1 aromatic heterocycles. The second kappa shape index (κ2) is 4.94. The molecular formula is C9H18N4O2S. The fourth-order valence-electron chi connectivity index (χ4n) is 1.64. The quantitative estimate of drug-likeness (QED) is 0.521. The minimum Gasteiger partial charge on any atom is -0.272 e. The molecule has 0 radical (unpaired) electrons. The Morgan fingerprint density at radius 1 is 1.62 bits per heavy atom. The second-order valence-electron chi connectivity index (χ2n) is 4.06. The van der Waals surface area contributed by atoms with Crippen LogP contribution in [0.2, 0.25) is 0 Å². The van der Waals surface area contributed by atoms with Crippen molar-refractivity contribution >= 4 is 9.84 Å². The number of hydrogen-bond donors (Lipinski definition) is 2. The number of nitrogens with two attached hydrogens (primary N) is 1. The van der Waals surface area contributed by atoms with Crippen molar-refractivity contribution in [1.29, 1.82) is 0 Å². The van der Waals surface area contributed by atoms with E-state index in [0.29, 0.717) is 6.42 Å². The monoisotopic (exact) mass is 246 g/mol. The van der Waals surface area contributed by atoms with Crippen LogP contribution in [0.3, 0.4) is 0 Å². The highest BCUT2D eigenvalue weighted by molar-refractivity contribution is 7.90. The summed E-state index contributed by atoms with van der Waals surface area (Å²) in [5.74, 6) is 5.36. The zero-order chi connectivity index (χ0) is 12.3. The maximum absolute atomic E-state index is 11.2. The number of aryl methyl sites for hydroxylation is 2. The maximum Gasteiger partial charge on any atom is 0.149 e. The van der Waals surface area contributed by atoms with Gasteiger partial charge in [-0.3, -0.25) is 16.0 Å². The van der Waals surface area contributed by atoms with Gasteiger partial charge in [-0.05, 0) is 13.0 Å². The third kappa shape index (κ3) is 3.92. The Morgan fingerprint density at radius 2 is 2.25 bits per heavy atom. The lowest BCUT2D eigenvalue weighted by molar-refractivity contribution is 0.530. The first kappa shape index (κ1) is 13.1. The highest BCUT2D eigenvalue weighted by Crippen LogP contribution is 2.06. The number of nitrogens with zero attached hydrogens (tertiary/aromatic N) is 2. The van der Waals surface area contributed by atoms with Gasteiger partial charge in [0.05, 0.1) is 11.4 Å². The zero-order valence-corrected chi connectivity index (χ0v) is 10.6. The summed E-state index contributed by atoms with van der Waals surface area (Å²) in [6, 6.07) is 1.64. The van der Waals surface area contributed by atoms with Gasteiger partial charge in [0.1, 0.15) is 9.84 Å². The van der Waals surface area contributed by atoms with Gasteiger partial charge in [0, 0.05) is 31.5 Å². The molecule has 0 bridgehead atoms. The predicted molar refractivity (Wildman–Crippen MR) is 62.5 cm³/mol. The number of rotatable bonds is 5. The van der Waals surface area contributed by atoms with Crippen LogP contribution in [-0.2, 0) is 23.3 Å². The van der Waals surface area contributed by atoms with Crippen LogP contribution in [0, 0.1) is 6.92 Å². The highest BCUT2D eigenvalue weighted by atomic mass is 32.2. The Labute approximate surface area is 95.7 Å². The molecule has 1 aromatic rings. The lowest BCUT2D eigenvalue weighted by atomic mass is 10.2. The molecule has 0 saturated carbocycles. The number of hydrogen-bond acceptors (Lipinski definition) is 5. The Hall–Kier alpha value is -0.920. The Balaban J connectivity index is 2.74. The Morgan fingerprint density at radius 3 is 2.62 bits per heavy atom. The third-order valence-electron chi connectivity index (χ3n) is 2.29. The van der Waals surface area contributed by atoms with Gasteiger partial charge in [-0.15, -0.1) is 0 Å². The molecule has 6 nitrogen and oxygen atoms in total. The molecule has 0 amide bonds. The van der Waals surface area contributed by atoms with Crippen molar-refractivity contribution in [1.82, 2.24) is 15.2 Å². The molecule has 16 heavy (non-hydrogen) atoms. The van der Waals surface area contributed by atoms with Gasteiger partial charge in [0.15, 0.2) is 0 Å². The molecule has 0 aliphatic carbocycles. The molecule has 92 valence electrons. The van der Waals surface area contributed by atoms with Crippen molar-refractivity contribution in [2.75, 3.05) is 12.0 Å². The first-order chi connectivity index (χ1) is 7.31. The summed E-state index contributed by atoms with van der Waals surface area (Å²) in [4.78, 5) is 0. The lowest BCUT2D eigenvalue weighted by Gasteiger charge is -2.14. The molecule has 7 heteroatoms. The standard InChI is InChI=1S/C9H18N4O2S/c1-7-4-9(13(2)12-7)5-8(11-10)6-16(3,14)15/h4,8,11H,5-6,10H2,1-3H3. The van der Waals surface area contributed by atoms with Gasteiger partial charge in [-0.1, -0.05) is 0 Å². The summed E-state index contributed by atoms with van der Waals surface area (Å²) in [6.07, 6.45) is 1.74. The van der Waals surface area contributed by atoms with Crippen molar-refractivity contribution in [3.8, 4) is 0 Å².